The molecule has 1 aromatic heterocycles. The number of carboxylic acids is 1. The van der Waals surface area contributed by atoms with Crippen LogP contribution < -0.4 is 4.72 Å². The van der Waals surface area contributed by atoms with Crippen LogP contribution in [-0.2, 0) is 14.8 Å². The van der Waals surface area contributed by atoms with Crippen molar-refractivity contribution in [3.63, 3.8) is 0 Å². The number of pyridine rings is 1. The second-order valence-electron chi connectivity index (χ2n) is 4.52. The minimum Gasteiger partial charge on any atom is -0.481 e. The van der Waals surface area contributed by atoms with Gasteiger partial charge in [0.15, 0.2) is 0 Å². The third-order valence-electron chi connectivity index (χ3n) is 2.87. The van der Waals surface area contributed by atoms with Gasteiger partial charge in [0.1, 0.15) is 4.90 Å². The van der Waals surface area contributed by atoms with Crippen molar-refractivity contribution in [2.75, 3.05) is 0 Å². The zero-order valence-electron chi connectivity index (χ0n) is 11.3. The number of nitrogens with one attached hydrogen (secondary N) is 1. The lowest BCUT2D eigenvalue weighted by molar-refractivity contribution is -0.137. The molecular formula is C14H13ClN2O4S. The molecule has 1 unspecified atom stereocenters. The van der Waals surface area contributed by atoms with Crippen LogP contribution in [0, 0.1) is 0 Å². The van der Waals surface area contributed by atoms with E-state index in [2.05, 4.69) is 9.71 Å². The van der Waals surface area contributed by atoms with E-state index in [4.69, 9.17) is 16.7 Å². The van der Waals surface area contributed by atoms with Gasteiger partial charge < -0.3 is 5.11 Å². The van der Waals surface area contributed by atoms with Crippen molar-refractivity contribution in [3.8, 4) is 0 Å². The summed E-state index contributed by atoms with van der Waals surface area (Å²) in [5.41, 5.74) is 0.474. The first-order valence-electron chi connectivity index (χ1n) is 6.28. The van der Waals surface area contributed by atoms with Crippen molar-refractivity contribution in [3.05, 3.63) is 59.4 Å². The number of halogens is 1. The minimum absolute atomic E-state index is 0.0348. The molecule has 8 heteroatoms. The first-order valence-corrected chi connectivity index (χ1v) is 8.14. The highest BCUT2D eigenvalue weighted by molar-refractivity contribution is 7.89. The predicted molar refractivity (Wildman–Crippen MR) is 81.0 cm³/mol. The first-order chi connectivity index (χ1) is 10.4. The molecule has 0 aliphatic carbocycles. The summed E-state index contributed by atoms with van der Waals surface area (Å²) in [4.78, 5) is 14.7. The van der Waals surface area contributed by atoms with Crippen LogP contribution in [0.2, 0.25) is 5.02 Å². The molecule has 116 valence electrons. The Bertz CT molecular complexity index is 765. The van der Waals surface area contributed by atoms with Gasteiger partial charge in [-0.25, -0.2) is 13.1 Å². The van der Waals surface area contributed by atoms with Gasteiger partial charge in [-0.3, -0.25) is 9.78 Å². The third-order valence-corrected chi connectivity index (χ3v) is 4.56. The van der Waals surface area contributed by atoms with Crippen LogP contribution in [-0.4, -0.2) is 24.5 Å². The molecule has 0 fully saturated rings. The summed E-state index contributed by atoms with van der Waals surface area (Å²) in [7, 11) is -3.89. The second-order valence-corrected chi connectivity index (χ2v) is 6.67. The zero-order valence-corrected chi connectivity index (χ0v) is 12.9. The van der Waals surface area contributed by atoms with Gasteiger partial charge in [-0.15, -0.1) is 0 Å². The molecule has 22 heavy (non-hydrogen) atoms. The molecule has 0 bridgehead atoms. The number of sulfonamides is 1. The van der Waals surface area contributed by atoms with Gasteiger partial charge in [0.05, 0.1) is 12.5 Å². The quantitative estimate of drug-likeness (QED) is 0.840. The van der Waals surface area contributed by atoms with Crippen LogP contribution in [0.1, 0.15) is 18.0 Å². The van der Waals surface area contributed by atoms with Crippen LogP contribution in [0.3, 0.4) is 0 Å². The number of hydrogen-bond acceptors (Lipinski definition) is 4. The molecule has 1 heterocycles. The van der Waals surface area contributed by atoms with E-state index in [0.717, 1.165) is 0 Å². The van der Waals surface area contributed by atoms with Gasteiger partial charge in [0.2, 0.25) is 10.0 Å². The zero-order chi connectivity index (χ0) is 16.2. The van der Waals surface area contributed by atoms with Crippen molar-refractivity contribution < 1.29 is 18.3 Å². The lowest BCUT2D eigenvalue weighted by Crippen LogP contribution is -2.30. The number of carboxylic acid groups (broad SMARTS) is 1. The topological polar surface area (TPSA) is 96.4 Å². The SMILES string of the molecule is O=C(O)CC(NS(=O)(=O)c1cccnc1)c1cccc(Cl)c1. The van der Waals surface area contributed by atoms with Crippen molar-refractivity contribution in [1.29, 1.82) is 0 Å². The van der Waals surface area contributed by atoms with E-state index in [1.54, 1.807) is 18.2 Å². The molecule has 0 saturated heterocycles. The molecule has 1 aromatic carbocycles. The van der Waals surface area contributed by atoms with Gasteiger partial charge in [-0.1, -0.05) is 23.7 Å². The number of hydrogen-bond donors (Lipinski definition) is 2. The molecule has 0 radical (unpaired) electrons. The smallest absolute Gasteiger partial charge is 0.305 e. The number of aromatic nitrogens is 1. The van der Waals surface area contributed by atoms with E-state index in [0.29, 0.717) is 10.6 Å². The molecule has 0 saturated carbocycles. The molecular weight excluding hydrogens is 328 g/mol. The number of aliphatic carboxylic acids is 1. The Balaban J connectivity index is 2.33. The van der Waals surface area contributed by atoms with Crippen molar-refractivity contribution >= 4 is 27.6 Å². The Morgan fingerprint density at radius 1 is 1.32 bits per heavy atom. The van der Waals surface area contributed by atoms with E-state index >= 15 is 0 Å². The highest BCUT2D eigenvalue weighted by Crippen LogP contribution is 2.23. The van der Waals surface area contributed by atoms with Gasteiger partial charge in [0, 0.05) is 17.4 Å². The van der Waals surface area contributed by atoms with Crippen LogP contribution in [0.5, 0.6) is 0 Å². The normalized spacial score (nSPS) is 12.8. The fourth-order valence-electron chi connectivity index (χ4n) is 1.89. The van der Waals surface area contributed by atoms with Crippen LogP contribution in [0.4, 0.5) is 0 Å². The Morgan fingerprint density at radius 2 is 2.09 bits per heavy atom. The number of benzene rings is 1. The fourth-order valence-corrected chi connectivity index (χ4v) is 3.27. The van der Waals surface area contributed by atoms with Crippen molar-refractivity contribution in [2.45, 2.75) is 17.4 Å². The average Bonchev–Trinajstić information content (AvgIpc) is 2.47. The summed E-state index contributed by atoms with van der Waals surface area (Å²) in [5.74, 6) is -1.13. The monoisotopic (exact) mass is 340 g/mol. The van der Waals surface area contributed by atoms with Crippen LogP contribution in [0.15, 0.2) is 53.7 Å². The van der Waals surface area contributed by atoms with Gasteiger partial charge in [-0.05, 0) is 29.8 Å². The van der Waals surface area contributed by atoms with Gasteiger partial charge >= 0.3 is 5.97 Å². The number of rotatable bonds is 6. The fraction of sp³-hybridized carbons (Fsp3) is 0.143. The number of carbonyl (C=O) groups is 1. The Kier molecular flexibility index (Phi) is 5.12. The van der Waals surface area contributed by atoms with E-state index in [9.17, 15) is 13.2 Å². The van der Waals surface area contributed by atoms with Crippen LogP contribution >= 0.6 is 11.6 Å². The maximum absolute atomic E-state index is 12.3. The Labute approximate surface area is 132 Å². The van der Waals surface area contributed by atoms with E-state index in [1.165, 1.54) is 30.6 Å². The molecule has 0 aliphatic rings. The predicted octanol–water partition coefficient (Wildman–Crippen LogP) is 2.23. The first kappa shape index (κ1) is 16.4. The van der Waals surface area contributed by atoms with E-state index in [1.807, 2.05) is 0 Å². The summed E-state index contributed by atoms with van der Waals surface area (Å²) in [6.07, 6.45) is 2.24. The maximum atomic E-state index is 12.3. The summed E-state index contributed by atoms with van der Waals surface area (Å²) in [5, 5.41) is 9.40. The second kappa shape index (κ2) is 6.87. The molecule has 2 N–H and O–H groups in total. The van der Waals surface area contributed by atoms with Gasteiger partial charge in [0.25, 0.3) is 0 Å². The minimum atomic E-state index is -3.89. The van der Waals surface area contributed by atoms with Crippen molar-refractivity contribution in [2.24, 2.45) is 0 Å². The average molecular weight is 341 g/mol. The highest BCUT2D eigenvalue weighted by Gasteiger charge is 2.23. The summed E-state index contributed by atoms with van der Waals surface area (Å²) in [6.45, 7) is 0. The van der Waals surface area contributed by atoms with Gasteiger partial charge in [-0.2, -0.15) is 0 Å². The van der Waals surface area contributed by atoms with E-state index < -0.39 is 28.5 Å². The lowest BCUT2D eigenvalue weighted by atomic mass is 10.1. The summed E-state index contributed by atoms with van der Waals surface area (Å²) < 4.78 is 27.0. The Morgan fingerprint density at radius 3 is 2.68 bits per heavy atom. The molecule has 2 aromatic rings. The molecule has 6 nitrogen and oxygen atoms in total. The molecule has 0 aliphatic heterocycles. The third kappa shape index (κ3) is 4.27. The van der Waals surface area contributed by atoms with Crippen LogP contribution in [0.25, 0.3) is 0 Å². The largest absolute Gasteiger partial charge is 0.481 e. The highest BCUT2D eigenvalue weighted by atomic mass is 35.5. The molecule has 0 amide bonds. The summed E-state index contributed by atoms with van der Waals surface area (Å²) >= 11 is 5.88. The van der Waals surface area contributed by atoms with E-state index in [-0.39, 0.29) is 4.90 Å². The summed E-state index contributed by atoms with van der Waals surface area (Å²) in [6, 6.07) is 8.34. The number of nitrogens with zero attached hydrogens (tertiary/aromatic N) is 1. The lowest BCUT2D eigenvalue weighted by Gasteiger charge is -2.17. The molecule has 1 atom stereocenters. The van der Waals surface area contributed by atoms with Crippen molar-refractivity contribution in [1.82, 2.24) is 9.71 Å². The Hall–Kier alpha value is -1.96. The standard InChI is InChI=1S/C14H13ClN2O4S/c15-11-4-1-3-10(7-11)13(8-14(18)19)17-22(20,21)12-5-2-6-16-9-12/h1-7,9,13,17H,8H2,(H,18,19). The maximum Gasteiger partial charge on any atom is 0.305 e. The molecule has 0 spiro atoms. The molecule has 2 rings (SSSR count).